The molecule has 0 aliphatic carbocycles. The zero-order valence-corrected chi connectivity index (χ0v) is 17.3. The van der Waals surface area contributed by atoms with E-state index in [0.29, 0.717) is 10.3 Å². The Kier molecular flexibility index (Phi) is 6.11. The van der Waals surface area contributed by atoms with Crippen molar-refractivity contribution in [1.82, 2.24) is 19.9 Å². The Morgan fingerprint density at radius 1 is 0.607 bits per heavy atom. The Balaban J connectivity index is 0.000000161. The topological polar surface area (TPSA) is 70.0 Å². The lowest BCUT2D eigenvalue weighted by Gasteiger charge is -2.03. The number of benzene rings is 2. The Hall–Kier alpha value is -2.70. The van der Waals surface area contributed by atoms with Crippen molar-refractivity contribution in [2.45, 2.75) is 13.8 Å². The zero-order chi connectivity index (χ0) is 20.3. The van der Waals surface area contributed by atoms with Crippen molar-refractivity contribution in [2.24, 2.45) is 0 Å². The molecule has 0 amide bonds. The molecule has 2 aromatic heterocycles. The summed E-state index contributed by atoms with van der Waals surface area (Å²) in [5.41, 5.74) is 4.62. The molecule has 144 valence electrons. The molecule has 28 heavy (non-hydrogen) atoms. The van der Waals surface area contributed by atoms with Crippen molar-refractivity contribution in [3.63, 3.8) is 0 Å². The number of methoxy groups -OCH3 is 2. The normalized spacial score (nSPS) is 10.5. The van der Waals surface area contributed by atoms with Crippen molar-refractivity contribution >= 4 is 45.3 Å². The van der Waals surface area contributed by atoms with Gasteiger partial charge in [-0.25, -0.2) is 19.9 Å². The van der Waals surface area contributed by atoms with Crippen molar-refractivity contribution in [1.29, 1.82) is 0 Å². The first-order valence-electron chi connectivity index (χ1n) is 8.37. The van der Waals surface area contributed by atoms with Crippen LogP contribution in [0, 0.1) is 13.8 Å². The number of aromatic nitrogens is 4. The average Bonchev–Trinajstić information content (AvgIpc) is 2.69. The second-order valence-electron chi connectivity index (χ2n) is 5.91. The minimum atomic E-state index is 0.436. The van der Waals surface area contributed by atoms with Crippen LogP contribution in [0.1, 0.15) is 11.4 Å². The summed E-state index contributed by atoms with van der Waals surface area (Å²) in [4.78, 5) is 17.0. The fraction of sp³-hybridized carbons (Fsp3) is 0.200. The van der Waals surface area contributed by atoms with E-state index < -0.39 is 0 Å². The lowest BCUT2D eigenvalue weighted by Crippen LogP contribution is -1.91. The zero-order valence-electron chi connectivity index (χ0n) is 15.8. The fourth-order valence-corrected chi connectivity index (χ4v) is 2.72. The van der Waals surface area contributed by atoms with Crippen LogP contribution < -0.4 is 9.47 Å². The highest BCUT2D eigenvalue weighted by molar-refractivity contribution is 6.30. The largest absolute Gasteiger partial charge is 0.497 e. The van der Waals surface area contributed by atoms with Gasteiger partial charge in [-0.05, 0) is 38.1 Å². The van der Waals surface area contributed by atoms with E-state index in [4.69, 9.17) is 32.7 Å². The van der Waals surface area contributed by atoms with Gasteiger partial charge in [0.25, 0.3) is 0 Å². The van der Waals surface area contributed by atoms with Crippen LogP contribution in [0.5, 0.6) is 11.5 Å². The molecule has 0 aliphatic heterocycles. The van der Waals surface area contributed by atoms with Gasteiger partial charge in [0.05, 0.1) is 47.7 Å². The van der Waals surface area contributed by atoms with Crippen LogP contribution in [0.15, 0.2) is 36.4 Å². The highest BCUT2D eigenvalue weighted by Crippen LogP contribution is 2.21. The van der Waals surface area contributed by atoms with Gasteiger partial charge >= 0.3 is 0 Å². The third-order valence-corrected chi connectivity index (χ3v) is 4.69. The molecule has 0 atom stereocenters. The lowest BCUT2D eigenvalue weighted by atomic mass is 10.3. The number of aryl methyl sites for hydroxylation is 2. The predicted octanol–water partition coefficient (Wildman–Crippen LogP) is 5.20. The molecular weight excluding hydrogens is 399 g/mol. The van der Waals surface area contributed by atoms with Gasteiger partial charge in [-0.2, -0.15) is 0 Å². The highest BCUT2D eigenvalue weighted by atomic mass is 35.5. The maximum absolute atomic E-state index is 5.87. The maximum Gasteiger partial charge on any atom is 0.150 e. The fourth-order valence-electron chi connectivity index (χ4n) is 2.46. The number of nitrogens with zero attached hydrogens (tertiary/aromatic N) is 4. The van der Waals surface area contributed by atoms with Gasteiger partial charge in [0.2, 0.25) is 0 Å². The van der Waals surface area contributed by atoms with Crippen LogP contribution in [0.2, 0.25) is 10.3 Å². The van der Waals surface area contributed by atoms with Crippen LogP contribution in [0.4, 0.5) is 0 Å². The highest BCUT2D eigenvalue weighted by Gasteiger charge is 2.04. The molecule has 0 saturated carbocycles. The number of halogens is 2. The van der Waals surface area contributed by atoms with E-state index in [1.54, 1.807) is 14.2 Å². The van der Waals surface area contributed by atoms with Gasteiger partial charge in [-0.1, -0.05) is 23.2 Å². The average molecular weight is 417 g/mol. The summed E-state index contributed by atoms with van der Waals surface area (Å²) in [6, 6.07) is 11.0. The third kappa shape index (κ3) is 4.40. The molecule has 0 spiro atoms. The van der Waals surface area contributed by atoms with Gasteiger partial charge in [0.15, 0.2) is 10.3 Å². The molecule has 0 bridgehead atoms. The first-order valence-corrected chi connectivity index (χ1v) is 9.12. The summed E-state index contributed by atoms with van der Waals surface area (Å²) in [6.45, 7) is 3.66. The van der Waals surface area contributed by atoms with Crippen LogP contribution in [0.25, 0.3) is 22.1 Å². The van der Waals surface area contributed by atoms with Crippen molar-refractivity contribution in [3.05, 3.63) is 58.1 Å². The summed E-state index contributed by atoms with van der Waals surface area (Å²) >= 11 is 11.7. The Labute approximate surface area is 172 Å². The Bertz CT molecular complexity index is 1060. The SMILES string of the molecule is COc1ccc2nc(C)c(Cl)nc2c1.COc1ccc2nc(Cl)c(C)nc2c1. The molecule has 6 nitrogen and oxygen atoms in total. The number of rotatable bonds is 2. The number of hydrogen-bond donors (Lipinski definition) is 0. The van der Waals surface area contributed by atoms with Crippen molar-refractivity contribution in [2.75, 3.05) is 14.2 Å². The Morgan fingerprint density at radius 3 is 1.50 bits per heavy atom. The van der Waals surface area contributed by atoms with Gasteiger partial charge in [0, 0.05) is 12.1 Å². The van der Waals surface area contributed by atoms with Crippen molar-refractivity contribution in [3.8, 4) is 11.5 Å². The second kappa shape index (κ2) is 8.54. The third-order valence-electron chi connectivity index (χ3n) is 3.98. The van der Waals surface area contributed by atoms with E-state index in [9.17, 15) is 0 Å². The van der Waals surface area contributed by atoms with E-state index in [-0.39, 0.29) is 0 Å². The van der Waals surface area contributed by atoms with Crippen LogP contribution in [-0.2, 0) is 0 Å². The first-order chi connectivity index (χ1) is 13.4. The molecule has 2 aromatic carbocycles. The molecule has 4 rings (SSSR count). The summed E-state index contributed by atoms with van der Waals surface area (Å²) in [7, 11) is 3.24. The maximum atomic E-state index is 5.87. The molecule has 0 saturated heterocycles. The monoisotopic (exact) mass is 416 g/mol. The molecule has 8 heteroatoms. The quantitative estimate of drug-likeness (QED) is 0.447. The van der Waals surface area contributed by atoms with E-state index in [1.807, 2.05) is 50.2 Å². The molecule has 0 unspecified atom stereocenters. The Morgan fingerprint density at radius 2 is 1.00 bits per heavy atom. The molecule has 0 fully saturated rings. The second-order valence-corrected chi connectivity index (χ2v) is 6.62. The minimum Gasteiger partial charge on any atom is -0.497 e. The molecular formula is C20H18Cl2N4O2. The van der Waals surface area contributed by atoms with Crippen molar-refractivity contribution < 1.29 is 9.47 Å². The molecule has 4 aromatic rings. The van der Waals surface area contributed by atoms with Crippen LogP contribution in [0.3, 0.4) is 0 Å². The minimum absolute atomic E-state index is 0.436. The number of fused-ring (bicyclic) bond motifs is 2. The summed E-state index contributed by atoms with van der Waals surface area (Å²) in [6.07, 6.45) is 0. The van der Waals surface area contributed by atoms with Gasteiger partial charge in [0.1, 0.15) is 11.5 Å². The molecule has 0 radical (unpaired) electrons. The predicted molar refractivity (Wildman–Crippen MR) is 112 cm³/mol. The number of ether oxygens (including phenoxy) is 2. The molecule has 0 aliphatic rings. The van der Waals surface area contributed by atoms with E-state index >= 15 is 0 Å². The summed E-state index contributed by atoms with van der Waals surface area (Å²) < 4.78 is 10.2. The lowest BCUT2D eigenvalue weighted by molar-refractivity contribution is 0.415. The van der Waals surface area contributed by atoms with Crippen LogP contribution >= 0.6 is 23.2 Å². The van der Waals surface area contributed by atoms with E-state index in [0.717, 1.165) is 45.0 Å². The first kappa shape index (κ1) is 20.0. The van der Waals surface area contributed by atoms with E-state index in [2.05, 4.69) is 19.9 Å². The van der Waals surface area contributed by atoms with E-state index in [1.165, 1.54) is 0 Å². The summed E-state index contributed by atoms with van der Waals surface area (Å²) in [5, 5.41) is 0.883. The smallest absolute Gasteiger partial charge is 0.150 e. The van der Waals surface area contributed by atoms with Gasteiger partial charge in [-0.3, -0.25) is 0 Å². The van der Waals surface area contributed by atoms with Gasteiger partial charge < -0.3 is 9.47 Å². The molecule has 2 heterocycles. The van der Waals surface area contributed by atoms with Gasteiger partial charge in [-0.15, -0.1) is 0 Å². The molecule has 0 N–H and O–H groups in total. The standard InChI is InChI=1S/2C10H9ClN2O/c1-6-10(11)13-8-4-3-7(14-2)5-9(8)12-6;1-6-10(11)13-9-5-7(14-2)3-4-8(9)12-6/h2*3-5H,1-2H3. The van der Waals surface area contributed by atoms with Crippen LogP contribution in [-0.4, -0.2) is 34.2 Å². The number of hydrogen-bond acceptors (Lipinski definition) is 6. The summed E-state index contributed by atoms with van der Waals surface area (Å²) in [5.74, 6) is 1.53.